The highest BCUT2D eigenvalue weighted by atomic mass is 32.1. The normalized spacial score (nSPS) is 15.9. The summed E-state index contributed by atoms with van der Waals surface area (Å²) >= 11 is 1.38. The van der Waals surface area contributed by atoms with Gasteiger partial charge in [-0.05, 0) is 76.2 Å². The van der Waals surface area contributed by atoms with Crippen molar-refractivity contribution in [3.8, 4) is 16.9 Å². The van der Waals surface area contributed by atoms with Gasteiger partial charge in [-0.15, -0.1) is 0 Å². The number of methoxy groups -OCH3 is 1. The van der Waals surface area contributed by atoms with Crippen LogP contribution in [-0.2, 0) is 10.3 Å². The van der Waals surface area contributed by atoms with E-state index in [1.165, 1.54) is 11.5 Å². The van der Waals surface area contributed by atoms with E-state index in [0.717, 1.165) is 62.4 Å². The van der Waals surface area contributed by atoms with E-state index in [-0.39, 0.29) is 12.0 Å². The minimum Gasteiger partial charge on any atom is -0.495 e. The lowest BCUT2D eigenvalue weighted by Gasteiger charge is -2.32. The lowest BCUT2D eigenvalue weighted by atomic mass is 9.88. The minimum absolute atomic E-state index is 0.121. The third-order valence-corrected chi connectivity index (χ3v) is 8.28. The van der Waals surface area contributed by atoms with Gasteiger partial charge in [0.1, 0.15) is 28.3 Å². The maximum Gasteiger partial charge on any atom is 0.141 e. The predicted molar refractivity (Wildman–Crippen MR) is 146 cm³/mol. The van der Waals surface area contributed by atoms with Gasteiger partial charge >= 0.3 is 0 Å². The molecule has 198 valence electrons. The van der Waals surface area contributed by atoms with Crippen molar-refractivity contribution in [1.29, 1.82) is 0 Å². The molecule has 5 aromatic rings. The van der Waals surface area contributed by atoms with Gasteiger partial charge in [-0.1, -0.05) is 5.16 Å². The molecule has 0 saturated carbocycles. The summed E-state index contributed by atoms with van der Waals surface area (Å²) in [5, 5.41) is 15.3. The van der Waals surface area contributed by atoms with E-state index in [1.54, 1.807) is 27.2 Å². The molecule has 9 nitrogen and oxygen atoms in total. The molecule has 1 N–H and O–H groups in total. The number of fused-ring (bicyclic) bond motifs is 3. The van der Waals surface area contributed by atoms with E-state index >= 15 is 0 Å². The van der Waals surface area contributed by atoms with Crippen molar-refractivity contribution in [2.75, 3.05) is 20.3 Å². The molecule has 6 rings (SSSR count). The molecular weight excluding hydrogens is 502 g/mol. The molecule has 1 atom stereocenters. The summed E-state index contributed by atoms with van der Waals surface area (Å²) in [6.45, 7) is 8.81. The van der Waals surface area contributed by atoms with Crippen LogP contribution in [0.1, 0.15) is 55.6 Å². The maximum atomic E-state index is 11.2. The number of aryl methyl sites for hydroxylation is 2. The number of ether oxygens (including phenoxy) is 2. The predicted octanol–water partition coefficient (Wildman–Crippen LogP) is 5.56. The van der Waals surface area contributed by atoms with Crippen LogP contribution in [0.15, 0.2) is 35.1 Å². The number of rotatable bonds is 6. The van der Waals surface area contributed by atoms with Crippen molar-refractivity contribution in [2.24, 2.45) is 5.92 Å². The summed E-state index contributed by atoms with van der Waals surface area (Å²) in [5.74, 6) is 1.72. The molecule has 1 aliphatic heterocycles. The lowest BCUT2D eigenvalue weighted by Crippen LogP contribution is -2.28. The highest BCUT2D eigenvalue weighted by Crippen LogP contribution is 2.45. The molecule has 38 heavy (non-hydrogen) atoms. The van der Waals surface area contributed by atoms with E-state index in [0.29, 0.717) is 24.7 Å². The van der Waals surface area contributed by atoms with E-state index < -0.39 is 5.60 Å². The second-order valence-corrected chi connectivity index (χ2v) is 11.2. The Morgan fingerprint density at radius 3 is 2.58 bits per heavy atom. The van der Waals surface area contributed by atoms with Crippen LogP contribution in [-0.4, -0.2) is 49.5 Å². The first-order valence-electron chi connectivity index (χ1n) is 12.8. The van der Waals surface area contributed by atoms with Gasteiger partial charge in [-0.2, -0.15) is 4.37 Å². The highest BCUT2D eigenvalue weighted by Gasteiger charge is 2.35. The van der Waals surface area contributed by atoms with Crippen molar-refractivity contribution in [3.63, 3.8) is 0 Å². The third-order valence-electron chi connectivity index (χ3n) is 7.44. The Bertz CT molecular complexity index is 1590. The smallest absolute Gasteiger partial charge is 0.141 e. The largest absolute Gasteiger partial charge is 0.495 e. The second kappa shape index (κ2) is 9.44. The zero-order chi connectivity index (χ0) is 26.6. The van der Waals surface area contributed by atoms with Crippen LogP contribution >= 0.6 is 11.5 Å². The second-order valence-electron chi connectivity index (χ2n) is 10.4. The molecule has 1 saturated heterocycles. The van der Waals surface area contributed by atoms with Gasteiger partial charge in [0.15, 0.2) is 0 Å². The van der Waals surface area contributed by atoms with Crippen LogP contribution in [0.2, 0.25) is 0 Å². The number of aromatic nitrogens is 5. The first kappa shape index (κ1) is 25.0. The Labute approximate surface area is 224 Å². The first-order valence-corrected chi connectivity index (χ1v) is 13.6. The van der Waals surface area contributed by atoms with Crippen molar-refractivity contribution in [3.05, 3.63) is 53.4 Å². The average molecular weight is 534 g/mol. The molecule has 0 spiro atoms. The van der Waals surface area contributed by atoms with Crippen LogP contribution in [0.4, 0.5) is 0 Å². The number of aliphatic hydroxyl groups is 1. The summed E-state index contributed by atoms with van der Waals surface area (Å²) in [6.07, 6.45) is 5.43. The molecule has 0 aliphatic carbocycles. The number of pyridine rings is 2. The monoisotopic (exact) mass is 533 g/mol. The first-order chi connectivity index (χ1) is 18.3. The topological polar surface area (TPSA) is 108 Å². The summed E-state index contributed by atoms with van der Waals surface area (Å²) in [5.41, 5.74) is 5.85. The van der Waals surface area contributed by atoms with Gasteiger partial charge in [-0.25, -0.2) is 0 Å². The Morgan fingerprint density at radius 2 is 1.95 bits per heavy atom. The molecule has 1 unspecified atom stereocenters. The minimum atomic E-state index is -1.14. The van der Waals surface area contributed by atoms with Crippen LogP contribution in [0.3, 0.4) is 0 Å². The summed E-state index contributed by atoms with van der Waals surface area (Å²) in [7, 11) is 1.64. The molecular formula is C28H31N5O4S. The van der Waals surface area contributed by atoms with E-state index in [4.69, 9.17) is 28.3 Å². The molecule has 1 fully saturated rings. The average Bonchev–Trinajstić information content (AvgIpc) is 3.58. The Morgan fingerprint density at radius 1 is 1.16 bits per heavy atom. The SMILES string of the molecule is COc1ccc(C(C2CCOCC2)n2c3cc(-c4c(C)noc4C)cnc3c3snc(C(C)(C)O)c32)nc1. The van der Waals surface area contributed by atoms with Crippen LogP contribution in [0, 0.1) is 19.8 Å². The van der Waals surface area contributed by atoms with Crippen LogP contribution in [0.25, 0.3) is 32.4 Å². The Balaban J connectivity index is 1.68. The van der Waals surface area contributed by atoms with E-state index in [9.17, 15) is 5.11 Å². The van der Waals surface area contributed by atoms with E-state index in [1.807, 2.05) is 32.2 Å². The van der Waals surface area contributed by atoms with Gasteiger partial charge < -0.3 is 23.7 Å². The number of hydrogen-bond donors (Lipinski definition) is 1. The standard InChI is InChI=1S/C28H31N5O4S/c1-15-22(16(2)37-31-15)18-12-21-23(30-13-18)26-25(27(32-38-26)28(3,4)34)33(21)24(17-8-10-36-11-9-17)20-7-6-19(35-5)14-29-20/h6-7,12-14,17,24,34H,8-11H2,1-5H3. The molecule has 0 radical (unpaired) electrons. The molecule has 1 aliphatic rings. The van der Waals surface area contributed by atoms with Crippen molar-refractivity contribution in [1.82, 2.24) is 24.1 Å². The zero-order valence-corrected chi connectivity index (χ0v) is 23.0. The molecule has 0 aromatic carbocycles. The Kier molecular flexibility index (Phi) is 6.20. The lowest BCUT2D eigenvalue weighted by molar-refractivity contribution is 0.0543. The van der Waals surface area contributed by atoms with Gasteiger partial charge in [0.25, 0.3) is 0 Å². The summed E-state index contributed by atoms with van der Waals surface area (Å²) < 4.78 is 24.6. The Hall–Kier alpha value is -3.34. The molecule has 6 heterocycles. The molecule has 0 bridgehead atoms. The molecule has 0 amide bonds. The van der Waals surface area contributed by atoms with Crippen LogP contribution in [0.5, 0.6) is 5.75 Å². The van der Waals surface area contributed by atoms with Crippen molar-refractivity contribution in [2.45, 2.75) is 52.2 Å². The van der Waals surface area contributed by atoms with Gasteiger partial charge in [0, 0.05) is 30.5 Å². The fourth-order valence-corrected chi connectivity index (χ4v) is 6.64. The quantitative estimate of drug-likeness (QED) is 0.302. The highest BCUT2D eigenvalue weighted by molar-refractivity contribution is 7.14. The van der Waals surface area contributed by atoms with Crippen molar-refractivity contribution < 1.29 is 19.1 Å². The van der Waals surface area contributed by atoms with Gasteiger partial charge in [0.2, 0.25) is 0 Å². The van der Waals surface area contributed by atoms with Gasteiger partial charge in [-0.3, -0.25) is 9.97 Å². The van der Waals surface area contributed by atoms with Gasteiger partial charge in [0.05, 0.1) is 46.5 Å². The maximum absolute atomic E-state index is 11.2. The fourth-order valence-electron chi connectivity index (χ4n) is 5.62. The third kappa shape index (κ3) is 4.07. The van der Waals surface area contributed by atoms with E-state index in [2.05, 4.69) is 15.8 Å². The summed E-state index contributed by atoms with van der Waals surface area (Å²) in [6, 6.07) is 6.02. The zero-order valence-electron chi connectivity index (χ0n) is 22.2. The summed E-state index contributed by atoms with van der Waals surface area (Å²) in [4.78, 5) is 9.81. The molecule has 10 heteroatoms. The fraction of sp³-hybridized carbons (Fsp3) is 0.429. The van der Waals surface area contributed by atoms with Crippen LogP contribution < -0.4 is 4.74 Å². The van der Waals surface area contributed by atoms with Crippen molar-refractivity contribution >= 4 is 32.8 Å². The number of nitrogens with zero attached hydrogens (tertiary/aromatic N) is 5. The number of hydrogen-bond acceptors (Lipinski definition) is 9. The molecule has 5 aromatic heterocycles.